The SMILES string of the molecule is CCCN[C@H]1CS(=O)(=O)C[C@@H]1S(=O)(=O)c1ccc(OCC)cc1. The minimum atomic E-state index is -3.72. The van der Waals surface area contributed by atoms with Crippen LogP contribution in [0.2, 0.25) is 0 Å². The predicted molar refractivity (Wildman–Crippen MR) is 89.3 cm³/mol. The first-order valence-corrected chi connectivity index (χ1v) is 11.1. The second kappa shape index (κ2) is 7.19. The van der Waals surface area contributed by atoms with Crippen molar-refractivity contribution in [2.75, 3.05) is 24.7 Å². The van der Waals surface area contributed by atoms with Crippen LogP contribution in [0.25, 0.3) is 0 Å². The number of hydrogen-bond acceptors (Lipinski definition) is 6. The molecular weight excluding hydrogens is 338 g/mol. The number of nitrogens with one attached hydrogen (secondary N) is 1. The summed E-state index contributed by atoms with van der Waals surface area (Å²) in [6.45, 7) is 4.88. The van der Waals surface area contributed by atoms with Gasteiger partial charge in [0.1, 0.15) is 5.75 Å². The van der Waals surface area contributed by atoms with Crippen molar-refractivity contribution >= 4 is 19.7 Å². The zero-order valence-electron chi connectivity index (χ0n) is 13.4. The van der Waals surface area contributed by atoms with Crippen molar-refractivity contribution < 1.29 is 21.6 Å². The van der Waals surface area contributed by atoms with E-state index in [4.69, 9.17) is 4.74 Å². The van der Waals surface area contributed by atoms with Crippen LogP contribution in [0.4, 0.5) is 0 Å². The summed E-state index contributed by atoms with van der Waals surface area (Å²) < 4.78 is 54.8. The Morgan fingerprint density at radius 1 is 1.17 bits per heavy atom. The van der Waals surface area contributed by atoms with Crippen LogP contribution in [-0.4, -0.2) is 52.8 Å². The Morgan fingerprint density at radius 3 is 2.39 bits per heavy atom. The van der Waals surface area contributed by atoms with Gasteiger partial charge in [-0.2, -0.15) is 0 Å². The predicted octanol–water partition coefficient (Wildman–Crippen LogP) is 1.02. The van der Waals surface area contributed by atoms with Crippen LogP contribution >= 0.6 is 0 Å². The molecule has 6 nitrogen and oxygen atoms in total. The van der Waals surface area contributed by atoms with Gasteiger partial charge in [0.25, 0.3) is 0 Å². The van der Waals surface area contributed by atoms with Crippen LogP contribution in [0.1, 0.15) is 20.3 Å². The lowest BCUT2D eigenvalue weighted by molar-refractivity contribution is 0.340. The smallest absolute Gasteiger partial charge is 0.183 e. The zero-order valence-corrected chi connectivity index (χ0v) is 15.0. The summed E-state index contributed by atoms with van der Waals surface area (Å²) in [7, 11) is -7.07. The number of benzene rings is 1. The molecule has 0 aromatic heterocycles. The van der Waals surface area contributed by atoms with E-state index in [9.17, 15) is 16.8 Å². The Hall–Kier alpha value is -1.12. The number of ether oxygens (including phenoxy) is 1. The Labute approximate surface area is 138 Å². The molecule has 0 amide bonds. The maximum absolute atomic E-state index is 12.8. The molecule has 23 heavy (non-hydrogen) atoms. The fraction of sp³-hybridized carbons (Fsp3) is 0.600. The quantitative estimate of drug-likeness (QED) is 0.780. The summed E-state index contributed by atoms with van der Waals surface area (Å²) in [5, 5.41) is 2.11. The van der Waals surface area contributed by atoms with E-state index in [1.807, 2.05) is 13.8 Å². The summed E-state index contributed by atoms with van der Waals surface area (Å²) in [6, 6.07) is 5.57. The van der Waals surface area contributed by atoms with Gasteiger partial charge in [-0.05, 0) is 44.2 Å². The molecule has 0 spiro atoms. The summed E-state index contributed by atoms with van der Waals surface area (Å²) in [4.78, 5) is 0.131. The van der Waals surface area contributed by atoms with Crippen molar-refractivity contribution in [2.24, 2.45) is 0 Å². The van der Waals surface area contributed by atoms with Gasteiger partial charge >= 0.3 is 0 Å². The van der Waals surface area contributed by atoms with Crippen molar-refractivity contribution in [2.45, 2.75) is 36.5 Å². The van der Waals surface area contributed by atoms with Gasteiger partial charge < -0.3 is 10.1 Å². The lowest BCUT2D eigenvalue weighted by atomic mass is 10.2. The Bertz CT molecular complexity index is 726. The first-order valence-electron chi connectivity index (χ1n) is 7.70. The standard InChI is InChI=1S/C15H23NO5S2/c1-3-9-16-14-10-22(17,18)11-15(14)23(19,20)13-7-5-12(6-8-13)21-4-2/h5-8,14-16H,3-4,9-11H2,1-2H3/t14-,15-/m0/s1. The monoisotopic (exact) mass is 361 g/mol. The van der Waals surface area contributed by atoms with E-state index < -0.39 is 31.0 Å². The van der Waals surface area contributed by atoms with E-state index in [2.05, 4.69) is 5.32 Å². The topological polar surface area (TPSA) is 89.5 Å². The van der Waals surface area contributed by atoms with Crippen LogP contribution in [0.5, 0.6) is 5.75 Å². The van der Waals surface area contributed by atoms with Crippen molar-refractivity contribution in [3.63, 3.8) is 0 Å². The maximum Gasteiger partial charge on any atom is 0.183 e. The van der Waals surface area contributed by atoms with E-state index >= 15 is 0 Å². The minimum absolute atomic E-state index is 0.131. The van der Waals surface area contributed by atoms with Gasteiger partial charge in [-0.15, -0.1) is 0 Å². The van der Waals surface area contributed by atoms with Gasteiger partial charge in [0, 0.05) is 6.04 Å². The van der Waals surface area contributed by atoms with Crippen molar-refractivity contribution in [1.82, 2.24) is 5.32 Å². The van der Waals surface area contributed by atoms with Gasteiger partial charge in [0.15, 0.2) is 19.7 Å². The second-order valence-electron chi connectivity index (χ2n) is 5.63. The summed E-state index contributed by atoms with van der Waals surface area (Å²) in [5.41, 5.74) is 0. The molecule has 0 aliphatic carbocycles. The summed E-state index contributed by atoms with van der Waals surface area (Å²) in [6.07, 6.45) is 0.812. The first-order chi connectivity index (χ1) is 10.8. The van der Waals surface area contributed by atoms with Gasteiger partial charge in [-0.1, -0.05) is 6.92 Å². The molecule has 0 saturated carbocycles. The van der Waals surface area contributed by atoms with Gasteiger partial charge in [0.2, 0.25) is 0 Å². The zero-order chi connectivity index (χ0) is 17.1. The molecule has 2 rings (SSSR count). The molecular formula is C15H23NO5S2. The second-order valence-corrected chi connectivity index (χ2v) is 9.95. The molecule has 8 heteroatoms. The Kier molecular flexibility index (Phi) is 5.70. The van der Waals surface area contributed by atoms with Gasteiger partial charge in [-0.25, -0.2) is 16.8 Å². The average molecular weight is 361 g/mol. The maximum atomic E-state index is 12.8. The molecule has 1 aliphatic heterocycles. The summed E-state index contributed by atoms with van der Waals surface area (Å²) >= 11 is 0. The molecule has 1 aliphatic rings. The van der Waals surface area contributed by atoms with E-state index in [0.29, 0.717) is 18.9 Å². The van der Waals surface area contributed by atoms with Crippen LogP contribution in [0.15, 0.2) is 29.2 Å². The van der Waals surface area contributed by atoms with E-state index in [1.165, 1.54) is 12.1 Å². The molecule has 1 aromatic rings. The number of sulfone groups is 2. The first kappa shape index (κ1) is 18.2. The highest BCUT2D eigenvalue weighted by Gasteiger charge is 2.45. The minimum Gasteiger partial charge on any atom is -0.494 e. The molecule has 1 saturated heterocycles. The molecule has 0 unspecified atom stereocenters. The third-order valence-corrected chi connectivity index (χ3v) is 7.99. The molecule has 1 heterocycles. The fourth-order valence-electron chi connectivity index (χ4n) is 2.71. The normalized spacial score (nSPS) is 23.7. The van der Waals surface area contributed by atoms with E-state index in [0.717, 1.165) is 6.42 Å². The van der Waals surface area contributed by atoms with E-state index in [1.54, 1.807) is 12.1 Å². The lowest BCUT2D eigenvalue weighted by Gasteiger charge is -2.19. The molecule has 1 aromatic carbocycles. The average Bonchev–Trinajstić information content (AvgIpc) is 2.82. The van der Waals surface area contributed by atoms with Crippen molar-refractivity contribution in [3.8, 4) is 5.75 Å². The Morgan fingerprint density at radius 2 is 1.83 bits per heavy atom. The third-order valence-electron chi connectivity index (χ3n) is 3.82. The fourth-order valence-corrected chi connectivity index (χ4v) is 7.42. The van der Waals surface area contributed by atoms with Crippen molar-refractivity contribution in [1.29, 1.82) is 0 Å². The highest BCUT2D eigenvalue weighted by Crippen LogP contribution is 2.27. The van der Waals surface area contributed by atoms with Gasteiger partial charge in [0.05, 0.1) is 28.3 Å². The highest BCUT2D eigenvalue weighted by molar-refractivity contribution is 7.96. The highest BCUT2D eigenvalue weighted by atomic mass is 32.2. The van der Waals surface area contributed by atoms with Crippen molar-refractivity contribution in [3.05, 3.63) is 24.3 Å². The molecule has 1 N–H and O–H groups in total. The molecule has 0 radical (unpaired) electrons. The van der Waals surface area contributed by atoms with Crippen LogP contribution < -0.4 is 10.1 Å². The Balaban J connectivity index is 2.28. The van der Waals surface area contributed by atoms with Crippen LogP contribution in [0.3, 0.4) is 0 Å². The summed E-state index contributed by atoms with van der Waals surface area (Å²) in [5.74, 6) is 0.129. The van der Waals surface area contributed by atoms with Crippen LogP contribution in [0, 0.1) is 0 Å². The van der Waals surface area contributed by atoms with E-state index in [-0.39, 0.29) is 16.4 Å². The number of rotatable bonds is 7. The largest absolute Gasteiger partial charge is 0.494 e. The number of hydrogen-bond donors (Lipinski definition) is 1. The molecule has 0 bridgehead atoms. The molecule has 2 atom stereocenters. The lowest BCUT2D eigenvalue weighted by Crippen LogP contribution is -2.43. The van der Waals surface area contributed by atoms with Gasteiger partial charge in [-0.3, -0.25) is 0 Å². The van der Waals surface area contributed by atoms with Crippen LogP contribution in [-0.2, 0) is 19.7 Å². The third kappa shape index (κ3) is 4.24. The molecule has 1 fully saturated rings. The molecule has 130 valence electrons.